The zero-order chi connectivity index (χ0) is 21.2. The fraction of sp³-hybridized carbons (Fsp3) is 0.435. The van der Waals surface area contributed by atoms with Gasteiger partial charge in [0.1, 0.15) is 0 Å². The fourth-order valence-electron chi connectivity index (χ4n) is 4.67. The van der Waals surface area contributed by atoms with Crippen molar-refractivity contribution in [3.8, 4) is 0 Å². The number of imidazole rings is 1. The molecule has 2 aromatic heterocycles. The van der Waals surface area contributed by atoms with E-state index in [0.29, 0.717) is 30.9 Å². The lowest BCUT2D eigenvalue weighted by Gasteiger charge is -2.26. The second-order valence-electron chi connectivity index (χ2n) is 8.16. The van der Waals surface area contributed by atoms with Crippen molar-refractivity contribution in [1.29, 1.82) is 0 Å². The molecule has 3 aromatic rings. The van der Waals surface area contributed by atoms with Crippen LogP contribution in [0.15, 0.2) is 47.4 Å². The van der Waals surface area contributed by atoms with Crippen LogP contribution in [0, 0.1) is 0 Å². The van der Waals surface area contributed by atoms with Crippen molar-refractivity contribution in [1.82, 2.24) is 24.3 Å². The number of hydrogen-bond donors (Lipinski definition) is 1. The lowest BCUT2D eigenvalue weighted by molar-refractivity contribution is 0.0364. The van der Waals surface area contributed by atoms with E-state index >= 15 is 0 Å². The molecule has 31 heavy (non-hydrogen) atoms. The van der Waals surface area contributed by atoms with Crippen LogP contribution in [0.1, 0.15) is 30.0 Å². The van der Waals surface area contributed by atoms with E-state index in [0.717, 1.165) is 44.5 Å². The number of ether oxygens (including phenoxy) is 1. The molecule has 0 radical (unpaired) electrons. The first-order valence-corrected chi connectivity index (χ1v) is 11.0. The van der Waals surface area contributed by atoms with E-state index in [1.54, 1.807) is 22.9 Å². The van der Waals surface area contributed by atoms with E-state index in [1.165, 1.54) is 10.1 Å². The quantitative estimate of drug-likeness (QED) is 0.698. The van der Waals surface area contributed by atoms with Crippen molar-refractivity contribution in [2.75, 3.05) is 32.8 Å². The molecule has 1 aliphatic carbocycles. The van der Waals surface area contributed by atoms with Crippen molar-refractivity contribution in [2.24, 2.45) is 0 Å². The predicted molar refractivity (Wildman–Crippen MR) is 117 cm³/mol. The normalized spacial score (nSPS) is 19.3. The zero-order valence-electron chi connectivity index (χ0n) is 17.5. The Balaban J connectivity index is 1.43. The summed E-state index contributed by atoms with van der Waals surface area (Å²) in [5.74, 6) is 0. The highest BCUT2D eigenvalue weighted by atomic mass is 16.5. The van der Waals surface area contributed by atoms with Gasteiger partial charge in [-0.1, -0.05) is 24.3 Å². The highest BCUT2D eigenvalue weighted by Gasteiger charge is 2.25. The average molecular weight is 422 g/mol. The van der Waals surface area contributed by atoms with Crippen molar-refractivity contribution in [2.45, 2.75) is 31.8 Å². The van der Waals surface area contributed by atoms with Gasteiger partial charge >= 0.3 is 11.7 Å². The van der Waals surface area contributed by atoms with Gasteiger partial charge in [0.2, 0.25) is 0 Å². The molecule has 0 bridgehead atoms. The molecule has 0 spiro atoms. The van der Waals surface area contributed by atoms with Gasteiger partial charge < -0.3 is 10.1 Å². The third-order valence-corrected chi connectivity index (χ3v) is 6.30. The molecule has 1 atom stereocenters. The van der Waals surface area contributed by atoms with Crippen molar-refractivity contribution >= 4 is 17.2 Å². The Morgan fingerprint density at radius 2 is 1.97 bits per heavy atom. The topological polar surface area (TPSA) is 81.4 Å². The summed E-state index contributed by atoms with van der Waals surface area (Å²) in [5.41, 5.74) is 3.14. The minimum Gasteiger partial charge on any atom is -0.379 e. The molecule has 2 aliphatic rings. The minimum absolute atomic E-state index is 0.0900. The van der Waals surface area contributed by atoms with Crippen molar-refractivity contribution < 1.29 is 9.53 Å². The number of carbonyl (C=O) groups is 1. The molecule has 1 unspecified atom stereocenters. The standard InChI is InChI=1S/C23H27N5O3/c29-22(25-19-8-3-6-17-5-1-2-7-18(17)19)28-20-9-4-10-24-21(20)27(23(28)30)12-11-26-13-15-31-16-14-26/h1-2,4-5,7,9-10,19H,3,6,8,11-16H2,(H,25,29). The van der Waals surface area contributed by atoms with Gasteiger partial charge in [-0.15, -0.1) is 0 Å². The molecule has 8 nitrogen and oxygen atoms in total. The number of morpholine rings is 1. The van der Waals surface area contributed by atoms with Crippen molar-refractivity contribution in [3.05, 3.63) is 64.2 Å². The van der Waals surface area contributed by atoms with Gasteiger partial charge in [-0.05, 0) is 42.5 Å². The van der Waals surface area contributed by atoms with Crippen LogP contribution in [0.4, 0.5) is 4.79 Å². The lowest BCUT2D eigenvalue weighted by Crippen LogP contribution is -2.41. The molecule has 5 rings (SSSR count). The SMILES string of the molecule is O=C(NC1CCCc2ccccc21)n1c(=O)n(CCN2CCOCC2)c2ncccc21. The van der Waals surface area contributed by atoms with E-state index in [2.05, 4.69) is 27.3 Å². The smallest absolute Gasteiger partial charge is 0.338 e. The van der Waals surface area contributed by atoms with Crippen LogP contribution in [0.5, 0.6) is 0 Å². The molecule has 1 amide bonds. The van der Waals surface area contributed by atoms with Crippen LogP contribution in [-0.2, 0) is 17.7 Å². The molecule has 1 saturated heterocycles. The van der Waals surface area contributed by atoms with Crippen LogP contribution >= 0.6 is 0 Å². The van der Waals surface area contributed by atoms with Gasteiger partial charge in [-0.2, -0.15) is 0 Å². The zero-order valence-corrected chi connectivity index (χ0v) is 17.5. The predicted octanol–water partition coefficient (Wildman–Crippen LogP) is 2.17. The van der Waals surface area contributed by atoms with Gasteiger partial charge in [-0.25, -0.2) is 19.1 Å². The number of carbonyl (C=O) groups excluding carboxylic acids is 1. The molecule has 162 valence electrons. The van der Waals surface area contributed by atoms with Gasteiger partial charge in [0.25, 0.3) is 0 Å². The van der Waals surface area contributed by atoms with Crippen LogP contribution in [-0.4, -0.2) is 57.9 Å². The molecule has 1 aliphatic heterocycles. The average Bonchev–Trinajstić information content (AvgIpc) is 3.10. The Morgan fingerprint density at radius 3 is 2.84 bits per heavy atom. The van der Waals surface area contributed by atoms with Crippen LogP contribution in [0.25, 0.3) is 11.2 Å². The number of rotatable bonds is 4. The Hall–Kier alpha value is -2.97. The number of benzene rings is 1. The maximum absolute atomic E-state index is 13.3. The molecule has 3 heterocycles. The van der Waals surface area contributed by atoms with Crippen LogP contribution in [0.3, 0.4) is 0 Å². The van der Waals surface area contributed by atoms with Crippen LogP contribution in [0.2, 0.25) is 0 Å². The molecule has 1 N–H and O–H groups in total. The molecular formula is C23H27N5O3. The maximum Gasteiger partial charge on any atom is 0.338 e. The molecule has 1 aromatic carbocycles. The summed E-state index contributed by atoms with van der Waals surface area (Å²) >= 11 is 0. The Kier molecular flexibility index (Phi) is 5.57. The summed E-state index contributed by atoms with van der Waals surface area (Å²) in [7, 11) is 0. The summed E-state index contributed by atoms with van der Waals surface area (Å²) in [4.78, 5) is 33.2. The van der Waals surface area contributed by atoms with Gasteiger partial charge in [0.15, 0.2) is 5.65 Å². The molecule has 8 heteroatoms. The number of nitrogens with zero attached hydrogens (tertiary/aromatic N) is 4. The Morgan fingerprint density at radius 1 is 1.13 bits per heavy atom. The maximum atomic E-state index is 13.3. The highest BCUT2D eigenvalue weighted by molar-refractivity contribution is 5.88. The first kappa shape index (κ1) is 20.0. The first-order chi connectivity index (χ1) is 15.2. The van der Waals surface area contributed by atoms with E-state index < -0.39 is 6.03 Å². The monoisotopic (exact) mass is 421 g/mol. The summed E-state index contributed by atoms with van der Waals surface area (Å²) in [6, 6.07) is 11.3. The van der Waals surface area contributed by atoms with Crippen LogP contribution < -0.4 is 11.0 Å². The van der Waals surface area contributed by atoms with Gasteiger partial charge in [0.05, 0.1) is 24.8 Å². The molecule has 0 saturated carbocycles. The van der Waals surface area contributed by atoms with E-state index in [1.807, 2.05) is 12.1 Å². The van der Waals surface area contributed by atoms with Gasteiger partial charge in [-0.3, -0.25) is 9.47 Å². The molecule has 1 fully saturated rings. The Bertz CT molecular complexity index is 1150. The second kappa shape index (κ2) is 8.64. The van der Waals surface area contributed by atoms with E-state index in [-0.39, 0.29) is 11.7 Å². The van der Waals surface area contributed by atoms with Gasteiger partial charge in [0, 0.05) is 32.4 Å². The Labute approximate surface area is 180 Å². The number of aryl methyl sites for hydroxylation is 1. The summed E-state index contributed by atoms with van der Waals surface area (Å²) in [6.07, 6.45) is 4.56. The van der Waals surface area contributed by atoms with E-state index in [9.17, 15) is 9.59 Å². The number of aromatic nitrogens is 3. The number of nitrogens with one attached hydrogen (secondary N) is 1. The number of fused-ring (bicyclic) bond motifs is 2. The number of pyridine rings is 1. The summed E-state index contributed by atoms with van der Waals surface area (Å²) in [6.45, 7) is 4.32. The second-order valence-corrected chi connectivity index (χ2v) is 8.16. The number of hydrogen-bond acceptors (Lipinski definition) is 5. The summed E-state index contributed by atoms with van der Waals surface area (Å²) in [5, 5.41) is 3.10. The fourth-order valence-corrected chi connectivity index (χ4v) is 4.67. The third kappa shape index (κ3) is 3.88. The summed E-state index contributed by atoms with van der Waals surface area (Å²) < 4.78 is 8.24. The van der Waals surface area contributed by atoms with Crippen molar-refractivity contribution in [3.63, 3.8) is 0 Å². The molecular weight excluding hydrogens is 394 g/mol. The highest BCUT2D eigenvalue weighted by Crippen LogP contribution is 2.29. The third-order valence-electron chi connectivity index (χ3n) is 6.30. The number of amides is 1. The largest absolute Gasteiger partial charge is 0.379 e. The van der Waals surface area contributed by atoms with E-state index in [4.69, 9.17) is 4.74 Å². The lowest BCUT2D eigenvalue weighted by atomic mass is 9.88. The minimum atomic E-state index is -0.394. The first-order valence-electron chi connectivity index (χ1n) is 11.0.